The number of nitrogens with one attached hydrogen (secondary N) is 1. The molecule has 7 heteroatoms. The minimum Gasteiger partial charge on any atom is -0.488 e. The van der Waals surface area contributed by atoms with Crippen LogP contribution in [0.3, 0.4) is 0 Å². The molecular formula is C20H24N4O3. The fourth-order valence-electron chi connectivity index (χ4n) is 3.58. The van der Waals surface area contributed by atoms with Gasteiger partial charge in [0.2, 0.25) is 0 Å². The average Bonchev–Trinajstić information content (AvgIpc) is 3.38. The molecule has 27 heavy (non-hydrogen) atoms. The summed E-state index contributed by atoms with van der Waals surface area (Å²) in [7, 11) is 1.78. The van der Waals surface area contributed by atoms with E-state index in [1.54, 1.807) is 19.2 Å². The summed E-state index contributed by atoms with van der Waals surface area (Å²) in [4.78, 5) is 20.8. The van der Waals surface area contributed by atoms with Crippen LogP contribution in [0.15, 0.2) is 52.1 Å². The lowest BCUT2D eigenvalue weighted by atomic mass is 10.1. The van der Waals surface area contributed by atoms with Crippen LogP contribution in [0.4, 0.5) is 0 Å². The van der Waals surface area contributed by atoms with Gasteiger partial charge in [-0.3, -0.25) is 9.79 Å². The minimum absolute atomic E-state index is 0.0558. The normalized spacial score (nSPS) is 19.6. The number of para-hydroxylation sites is 1. The lowest BCUT2D eigenvalue weighted by Gasteiger charge is -2.36. The van der Waals surface area contributed by atoms with Crippen molar-refractivity contribution in [2.45, 2.75) is 12.5 Å². The van der Waals surface area contributed by atoms with Crippen LogP contribution in [0.2, 0.25) is 0 Å². The quantitative estimate of drug-likeness (QED) is 0.659. The standard InChI is InChI=1S/C20H24N4O3/c1-21-20(22-14-16-13-15-5-2-3-6-17(15)27-16)24-10-8-23(9-11-24)19(25)18-7-4-12-26-18/h2-7,12,16H,8-11,13-14H2,1H3,(H,21,22). The Kier molecular flexibility index (Phi) is 5.00. The zero-order valence-corrected chi connectivity index (χ0v) is 15.4. The van der Waals surface area contributed by atoms with E-state index in [0.717, 1.165) is 31.2 Å². The molecule has 1 fully saturated rings. The van der Waals surface area contributed by atoms with Gasteiger partial charge in [0.1, 0.15) is 11.9 Å². The van der Waals surface area contributed by atoms with E-state index in [1.165, 1.54) is 11.8 Å². The number of nitrogens with zero attached hydrogens (tertiary/aromatic N) is 3. The van der Waals surface area contributed by atoms with Crippen molar-refractivity contribution in [1.29, 1.82) is 0 Å². The second kappa shape index (κ2) is 7.73. The smallest absolute Gasteiger partial charge is 0.289 e. The summed E-state index contributed by atoms with van der Waals surface area (Å²) in [5.74, 6) is 2.16. The van der Waals surface area contributed by atoms with Gasteiger partial charge in [-0.05, 0) is 23.8 Å². The van der Waals surface area contributed by atoms with Gasteiger partial charge in [0.25, 0.3) is 5.91 Å². The van der Waals surface area contributed by atoms with Gasteiger partial charge in [0, 0.05) is 39.6 Å². The van der Waals surface area contributed by atoms with E-state index in [4.69, 9.17) is 9.15 Å². The zero-order chi connectivity index (χ0) is 18.6. The van der Waals surface area contributed by atoms with E-state index in [1.807, 2.05) is 23.1 Å². The van der Waals surface area contributed by atoms with E-state index < -0.39 is 0 Å². The van der Waals surface area contributed by atoms with Gasteiger partial charge in [-0.25, -0.2) is 0 Å². The minimum atomic E-state index is -0.0558. The summed E-state index contributed by atoms with van der Waals surface area (Å²) < 4.78 is 11.2. The van der Waals surface area contributed by atoms with Crippen molar-refractivity contribution in [2.75, 3.05) is 39.8 Å². The number of hydrogen-bond acceptors (Lipinski definition) is 4. The Morgan fingerprint density at radius 3 is 2.63 bits per heavy atom. The lowest BCUT2D eigenvalue weighted by Crippen LogP contribution is -2.54. The summed E-state index contributed by atoms with van der Waals surface area (Å²) in [5.41, 5.74) is 1.25. The number of piperazine rings is 1. The molecule has 142 valence electrons. The third-order valence-electron chi connectivity index (χ3n) is 5.01. The fourth-order valence-corrected chi connectivity index (χ4v) is 3.58. The molecule has 1 aromatic heterocycles. The molecule has 2 aromatic rings. The average molecular weight is 368 g/mol. The summed E-state index contributed by atoms with van der Waals surface area (Å²) in [5, 5.41) is 3.42. The number of carbonyl (C=O) groups excluding carboxylic acids is 1. The van der Waals surface area contributed by atoms with Crippen LogP contribution in [-0.2, 0) is 6.42 Å². The van der Waals surface area contributed by atoms with Crippen molar-refractivity contribution in [2.24, 2.45) is 4.99 Å². The Morgan fingerprint density at radius 2 is 1.93 bits per heavy atom. The van der Waals surface area contributed by atoms with E-state index in [9.17, 15) is 4.79 Å². The Labute approximate surface area is 158 Å². The molecule has 7 nitrogen and oxygen atoms in total. The Balaban J connectivity index is 1.27. The van der Waals surface area contributed by atoms with Crippen LogP contribution in [0.5, 0.6) is 5.75 Å². The molecular weight excluding hydrogens is 344 g/mol. The molecule has 0 bridgehead atoms. The highest BCUT2D eigenvalue weighted by Crippen LogP contribution is 2.27. The predicted molar refractivity (Wildman–Crippen MR) is 102 cm³/mol. The molecule has 1 saturated heterocycles. The highest BCUT2D eigenvalue weighted by atomic mass is 16.5. The van der Waals surface area contributed by atoms with Crippen LogP contribution in [0.1, 0.15) is 16.1 Å². The molecule has 0 radical (unpaired) electrons. The Morgan fingerprint density at radius 1 is 1.15 bits per heavy atom. The molecule has 0 spiro atoms. The molecule has 0 aliphatic carbocycles. The van der Waals surface area contributed by atoms with Crippen molar-refractivity contribution in [3.63, 3.8) is 0 Å². The summed E-state index contributed by atoms with van der Waals surface area (Å²) >= 11 is 0. The van der Waals surface area contributed by atoms with Crippen molar-refractivity contribution in [3.05, 3.63) is 54.0 Å². The van der Waals surface area contributed by atoms with Crippen molar-refractivity contribution >= 4 is 11.9 Å². The molecule has 4 rings (SSSR count). The first kappa shape index (κ1) is 17.5. The largest absolute Gasteiger partial charge is 0.488 e. The van der Waals surface area contributed by atoms with E-state index in [-0.39, 0.29) is 12.0 Å². The van der Waals surface area contributed by atoms with Crippen LogP contribution in [-0.4, -0.2) is 67.5 Å². The van der Waals surface area contributed by atoms with E-state index >= 15 is 0 Å². The number of carbonyl (C=O) groups is 1. The molecule has 1 unspecified atom stereocenters. The van der Waals surface area contributed by atoms with Crippen LogP contribution >= 0.6 is 0 Å². The van der Waals surface area contributed by atoms with Gasteiger partial charge < -0.3 is 24.3 Å². The van der Waals surface area contributed by atoms with Crippen molar-refractivity contribution < 1.29 is 13.9 Å². The first-order valence-electron chi connectivity index (χ1n) is 9.27. The third-order valence-corrected chi connectivity index (χ3v) is 5.01. The molecule has 2 aliphatic rings. The molecule has 1 atom stereocenters. The van der Waals surface area contributed by atoms with Gasteiger partial charge in [0.15, 0.2) is 11.7 Å². The van der Waals surface area contributed by atoms with Gasteiger partial charge in [0.05, 0.1) is 12.8 Å². The maximum Gasteiger partial charge on any atom is 0.289 e. The van der Waals surface area contributed by atoms with Crippen LogP contribution in [0.25, 0.3) is 0 Å². The Bertz CT molecular complexity index is 785. The second-order valence-electron chi connectivity index (χ2n) is 6.74. The number of fused-ring (bicyclic) bond motifs is 1. The number of rotatable bonds is 3. The monoisotopic (exact) mass is 368 g/mol. The second-order valence-corrected chi connectivity index (χ2v) is 6.74. The molecule has 1 aromatic carbocycles. The predicted octanol–water partition coefficient (Wildman–Crippen LogP) is 1.62. The molecule has 2 aliphatic heterocycles. The first-order valence-corrected chi connectivity index (χ1v) is 9.27. The maximum atomic E-state index is 12.4. The first-order chi connectivity index (χ1) is 13.2. The fraction of sp³-hybridized carbons (Fsp3) is 0.400. The molecule has 1 amide bonds. The van der Waals surface area contributed by atoms with Crippen LogP contribution < -0.4 is 10.1 Å². The van der Waals surface area contributed by atoms with Crippen molar-refractivity contribution in [1.82, 2.24) is 15.1 Å². The van der Waals surface area contributed by atoms with Gasteiger partial charge in [-0.15, -0.1) is 0 Å². The number of hydrogen-bond donors (Lipinski definition) is 1. The molecule has 1 N–H and O–H groups in total. The highest BCUT2D eigenvalue weighted by molar-refractivity contribution is 5.91. The topological polar surface area (TPSA) is 70.3 Å². The number of furan rings is 1. The lowest BCUT2D eigenvalue weighted by molar-refractivity contribution is 0.0657. The van der Waals surface area contributed by atoms with E-state index in [0.29, 0.717) is 25.4 Å². The SMILES string of the molecule is CN=C(NCC1Cc2ccccc2O1)N1CCN(C(=O)c2ccco2)CC1. The van der Waals surface area contributed by atoms with Crippen LogP contribution in [0, 0.1) is 0 Å². The summed E-state index contributed by atoms with van der Waals surface area (Å²) in [6.45, 7) is 3.46. The van der Waals surface area contributed by atoms with Gasteiger partial charge >= 0.3 is 0 Å². The summed E-state index contributed by atoms with van der Waals surface area (Å²) in [6.07, 6.45) is 2.55. The number of amides is 1. The third kappa shape index (κ3) is 3.77. The number of benzene rings is 1. The molecule has 0 saturated carbocycles. The summed E-state index contributed by atoms with van der Waals surface area (Å²) in [6, 6.07) is 11.6. The highest BCUT2D eigenvalue weighted by Gasteiger charge is 2.26. The maximum absolute atomic E-state index is 12.4. The van der Waals surface area contributed by atoms with Crippen molar-refractivity contribution in [3.8, 4) is 5.75 Å². The van der Waals surface area contributed by atoms with Gasteiger partial charge in [-0.2, -0.15) is 0 Å². The molecule has 3 heterocycles. The van der Waals surface area contributed by atoms with E-state index in [2.05, 4.69) is 21.3 Å². The number of ether oxygens (including phenoxy) is 1. The Hall–Kier alpha value is -2.96. The number of guanidine groups is 1. The zero-order valence-electron chi connectivity index (χ0n) is 15.4. The number of aliphatic imine (C=N–C) groups is 1. The van der Waals surface area contributed by atoms with Gasteiger partial charge in [-0.1, -0.05) is 18.2 Å².